The van der Waals surface area contributed by atoms with Crippen LogP contribution in [0, 0.1) is 0 Å². The number of aromatic nitrogens is 4. The van der Waals surface area contributed by atoms with Gasteiger partial charge in [0, 0.05) is 53.3 Å². The second-order valence-electron chi connectivity index (χ2n) is 15.6. The Morgan fingerprint density at radius 3 is 1.58 bits per heavy atom. The van der Waals surface area contributed by atoms with E-state index in [0.29, 0.717) is 17.5 Å². The molecule has 3 aromatic heterocycles. The van der Waals surface area contributed by atoms with E-state index >= 15 is 0 Å². The molecule has 0 saturated carbocycles. The molecule has 290 valence electrons. The topological polar surface area (TPSA) is 43.6 Å². The molecule has 12 rings (SSSR count). The van der Waals surface area contributed by atoms with Crippen molar-refractivity contribution in [3.8, 4) is 73.2 Å². The lowest BCUT2D eigenvalue weighted by molar-refractivity contribution is 1.07. The highest BCUT2D eigenvalue weighted by atomic mass is 32.1. The maximum Gasteiger partial charge on any atom is 0.164 e. The highest BCUT2D eigenvalue weighted by molar-refractivity contribution is 7.25. The summed E-state index contributed by atoms with van der Waals surface area (Å²) in [6.07, 6.45) is 0. The van der Waals surface area contributed by atoms with E-state index in [1.54, 1.807) is 11.3 Å². The summed E-state index contributed by atoms with van der Waals surface area (Å²) < 4.78 is 4.82. The average Bonchev–Trinajstić information content (AvgIpc) is 3.89. The van der Waals surface area contributed by atoms with Crippen molar-refractivity contribution in [2.75, 3.05) is 0 Å². The van der Waals surface area contributed by atoms with E-state index in [1.807, 2.05) is 24.3 Å². The van der Waals surface area contributed by atoms with Gasteiger partial charge in [0.1, 0.15) is 0 Å². The van der Waals surface area contributed by atoms with Gasteiger partial charge in [-0.2, -0.15) is 0 Å². The van der Waals surface area contributed by atoms with Gasteiger partial charge in [-0.25, -0.2) is 15.0 Å². The summed E-state index contributed by atoms with van der Waals surface area (Å²) in [6, 6.07) is 77.6. The molecule has 4 nitrogen and oxygen atoms in total. The van der Waals surface area contributed by atoms with Crippen molar-refractivity contribution >= 4 is 53.3 Å². The van der Waals surface area contributed by atoms with E-state index in [0.717, 1.165) is 33.5 Å². The molecule has 0 aliphatic rings. The molecular formula is C57H36N4S. The molecule has 0 spiro atoms. The van der Waals surface area contributed by atoms with Crippen molar-refractivity contribution in [2.45, 2.75) is 0 Å². The number of hydrogen-bond acceptors (Lipinski definition) is 4. The van der Waals surface area contributed by atoms with Crippen molar-refractivity contribution in [3.05, 3.63) is 218 Å². The molecule has 62 heavy (non-hydrogen) atoms. The van der Waals surface area contributed by atoms with Gasteiger partial charge in [-0.3, -0.25) is 0 Å². The van der Waals surface area contributed by atoms with Gasteiger partial charge in [-0.05, 0) is 81.9 Å². The fourth-order valence-electron chi connectivity index (χ4n) is 8.88. The van der Waals surface area contributed by atoms with Crippen LogP contribution in [-0.2, 0) is 0 Å². The summed E-state index contributed by atoms with van der Waals surface area (Å²) in [7, 11) is 0. The van der Waals surface area contributed by atoms with Crippen LogP contribution in [0.3, 0.4) is 0 Å². The second kappa shape index (κ2) is 14.9. The standard InChI is InChI=1S/C57H36N4S/c1-4-15-37(16-5-1)39-19-14-20-42(33-39)56-58-55(38-17-6-2-7-18-38)59-57(60-56)43-28-31-49-50-34-40(29-32-53(50)62-54(49)36-43)45-23-10-11-24-46(45)41-27-30-48-47-25-12-13-26-51(47)61(52(48)35-41)44-21-8-3-9-22-44/h1-36H. The number of para-hydroxylation sites is 2. The Morgan fingerprint density at radius 1 is 0.290 bits per heavy atom. The van der Waals surface area contributed by atoms with Crippen LogP contribution in [0.4, 0.5) is 0 Å². The minimum Gasteiger partial charge on any atom is -0.309 e. The van der Waals surface area contributed by atoms with Crippen LogP contribution in [0.1, 0.15) is 0 Å². The Labute approximate surface area is 362 Å². The summed E-state index contributed by atoms with van der Waals surface area (Å²) >= 11 is 1.80. The van der Waals surface area contributed by atoms with Gasteiger partial charge in [-0.1, -0.05) is 170 Å². The number of benzene rings is 9. The van der Waals surface area contributed by atoms with E-state index in [9.17, 15) is 0 Å². The molecule has 0 atom stereocenters. The summed E-state index contributed by atoms with van der Waals surface area (Å²) in [5.41, 5.74) is 13.5. The first kappa shape index (κ1) is 35.9. The van der Waals surface area contributed by atoms with Gasteiger partial charge >= 0.3 is 0 Å². The van der Waals surface area contributed by atoms with E-state index in [2.05, 4.69) is 199 Å². The Kier molecular flexibility index (Phi) is 8.65. The van der Waals surface area contributed by atoms with Crippen LogP contribution in [-0.4, -0.2) is 19.5 Å². The van der Waals surface area contributed by atoms with Crippen LogP contribution >= 0.6 is 11.3 Å². The SMILES string of the molecule is c1ccc(-c2cccc(-c3nc(-c4ccccc4)nc(-c4ccc5c(c4)sc4ccc(-c6ccccc6-c6ccc7c8ccccc8n(-c8ccccc8)c7c6)cc45)n3)c2)cc1. The Bertz CT molecular complexity index is 3630. The Hall–Kier alpha value is -7.99. The van der Waals surface area contributed by atoms with Gasteiger partial charge < -0.3 is 4.57 Å². The number of rotatable bonds is 7. The average molecular weight is 809 g/mol. The molecule has 0 fully saturated rings. The molecule has 0 amide bonds. The minimum atomic E-state index is 0.645. The van der Waals surface area contributed by atoms with Gasteiger partial charge in [-0.15, -0.1) is 11.3 Å². The quantitative estimate of drug-likeness (QED) is 0.161. The third kappa shape index (κ3) is 6.26. The lowest BCUT2D eigenvalue weighted by atomic mass is 9.93. The molecule has 0 aliphatic heterocycles. The van der Waals surface area contributed by atoms with Crippen molar-refractivity contribution in [3.63, 3.8) is 0 Å². The Morgan fingerprint density at radius 2 is 0.823 bits per heavy atom. The third-order valence-electron chi connectivity index (χ3n) is 11.9. The van der Waals surface area contributed by atoms with Crippen molar-refractivity contribution in [1.82, 2.24) is 19.5 Å². The minimum absolute atomic E-state index is 0.645. The van der Waals surface area contributed by atoms with Gasteiger partial charge in [0.15, 0.2) is 17.5 Å². The molecule has 0 saturated heterocycles. The summed E-state index contributed by atoms with van der Waals surface area (Å²) in [5.74, 6) is 1.94. The fraction of sp³-hybridized carbons (Fsp3) is 0. The summed E-state index contributed by atoms with van der Waals surface area (Å²) in [4.78, 5) is 15.2. The molecule has 0 aliphatic carbocycles. The lowest BCUT2D eigenvalue weighted by Crippen LogP contribution is -2.00. The molecule has 0 bridgehead atoms. The van der Waals surface area contributed by atoms with E-state index < -0.39 is 0 Å². The smallest absolute Gasteiger partial charge is 0.164 e. The third-order valence-corrected chi connectivity index (χ3v) is 13.0. The zero-order valence-corrected chi connectivity index (χ0v) is 34.3. The van der Waals surface area contributed by atoms with Crippen LogP contribution in [0.25, 0.3) is 115 Å². The van der Waals surface area contributed by atoms with E-state index in [4.69, 9.17) is 15.0 Å². The first-order valence-electron chi connectivity index (χ1n) is 20.8. The van der Waals surface area contributed by atoms with Crippen LogP contribution in [0.15, 0.2) is 218 Å². The van der Waals surface area contributed by atoms with Crippen molar-refractivity contribution in [1.29, 1.82) is 0 Å². The zero-order chi connectivity index (χ0) is 41.0. The Balaban J connectivity index is 0.947. The van der Waals surface area contributed by atoms with Gasteiger partial charge in [0.25, 0.3) is 0 Å². The maximum absolute atomic E-state index is 5.12. The van der Waals surface area contributed by atoms with Crippen LogP contribution in [0.5, 0.6) is 0 Å². The molecule has 9 aromatic carbocycles. The molecule has 3 heterocycles. The molecule has 5 heteroatoms. The highest BCUT2D eigenvalue weighted by Crippen LogP contribution is 2.42. The molecular weight excluding hydrogens is 773 g/mol. The monoisotopic (exact) mass is 808 g/mol. The fourth-order valence-corrected chi connectivity index (χ4v) is 10.0. The number of hydrogen-bond donors (Lipinski definition) is 0. The van der Waals surface area contributed by atoms with E-state index in [1.165, 1.54) is 64.2 Å². The molecule has 0 radical (unpaired) electrons. The van der Waals surface area contributed by atoms with Crippen molar-refractivity contribution < 1.29 is 0 Å². The largest absolute Gasteiger partial charge is 0.309 e. The normalized spacial score (nSPS) is 11.5. The van der Waals surface area contributed by atoms with Crippen molar-refractivity contribution in [2.24, 2.45) is 0 Å². The van der Waals surface area contributed by atoms with E-state index in [-0.39, 0.29) is 0 Å². The number of fused-ring (bicyclic) bond motifs is 6. The predicted molar refractivity (Wildman–Crippen MR) is 260 cm³/mol. The maximum atomic E-state index is 5.12. The summed E-state index contributed by atoms with van der Waals surface area (Å²) in [5, 5.41) is 4.96. The van der Waals surface area contributed by atoms with Crippen LogP contribution < -0.4 is 0 Å². The lowest BCUT2D eigenvalue weighted by Gasteiger charge is -2.12. The number of nitrogens with zero attached hydrogens (tertiary/aromatic N) is 4. The first-order chi connectivity index (χ1) is 30.7. The first-order valence-corrected chi connectivity index (χ1v) is 21.7. The summed E-state index contributed by atoms with van der Waals surface area (Å²) in [6.45, 7) is 0. The molecule has 0 N–H and O–H groups in total. The highest BCUT2D eigenvalue weighted by Gasteiger charge is 2.18. The number of thiophene rings is 1. The predicted octanol–water partition coefficient (Wildman–Crippen LogP) is 15.3. The zero-order valence-electron chi connectivity index (χ0n) is 33.5. The second-order valence-corrected chi connectivity index (χ2v) is 16.7. The van der Waals surface area contributed by atoms with Crippen LogP contribution in [0.2, 0.25) is 0 Å². The van der Waals surface area contributed by atoms with Gasteiger partial charge in [0.05, 0.1) is 11.0 Å². The molecule has 0 unspecified atom stereocenters. The molecule has 12 aromatic rings. The van der Waals surface area contributed by atoms with Gasteiger partial charge in [0.2, 0.25) is 0 Å².